The molecule has 1 unspecified atom stereocenters. The average molecular weight is 289 g/mol. The van der Waals surface area contributed by atoms with E-state index < -0.39 is 0 Å². The molecular weight excluding hydrogens is 262 g/mol. The number of likely N-dealkylation sites (N-methyl/N-ethyl adjacent to an activating group) is 1. The predicted molar refractivity (Wildman–Crippen MR) is 87.6 cm³/mol. The van der Waals surface area contributed by atoms with E-state index in [2.05, 4.69) is 41.5 Å². The first-order valence-electron chi connectivity index (χ1n) is 8.09. The van der Waals surface area contributed by atoms with Gasteiger partial charge in [-0.15, -0.1) is 0 Å². The van der Waals surface area contributed by atoms with Crippen LogP contribution in [-0.2, 0) is 11.2 Å². The third-order valence-corrected chi connectivity index (χ3v) is 4.08. The number of fused-ring (bicyclic) bond motifs is 1. The van der Waals surface area contributed by atoms with Gasteiger partial charge in [-0.05, 0) is 44.0 Å². The van der Waals surface area contributed by atoms with Crippen molar-refractivity contribution in [3.8, 4) is 0 Å². The molecule has 4 nitrogen and oxygen atoms in total. The molecule has 1 atom stereocenters. The highest BCUT2D eigenvalue weighted by Gasteiger charge is 2.23. The highest BCUT2D eigenvalue weighted by molar-refractivity contribution is 5.85. The third-order valence-electron chi connectivity index (χ3n) is 4.08. The normalized spacial score (nSPS) is 17.2. The minimum absolute atomic E-state index is 0.0962. The van der Waals surface area contributed by atoms with Crippen molar-refractivity contribution < 1.29 is 4.79 Å². The summed E-state index contributed by atoms with van der Waals surface area (Å²) in [5, 5.41) is 6.41. The molecule has 0 spiro atoms. The second-order valence-electron chi connectivity index (χ2n) is 5.62. The average Bonchev–Trinajstić information content (AvgIpc) is 2.53. The molecule has 116 valence electrons. The Kier molecular flexibility index (Phi) is 6.05. The smallest absolute Gasteiger partial charge is 0.242 e. The lowest BCUT2D eigenvalue weighted by Crippen LogP contribution is -2.44. The number of carbonyl (C=O) groups excluding carboxylic acids is 1. The number of para-hydroxylation sites is 1. The molecule has 1 aromatic rings. The zero-order valence-corrected chi connectivity index (χ0v) is 13.2. The first-order chi connectivity index (χ1) is 10.2. The van der Waals surface area contributed by atoms with E-state index in [9.17, 15) is 4.79 Å². The van der Waals surface area contributed by atoms with E-state index in [1.165, 1.54) is 5.56 Å². The first kappa shape index (κ1) is 15.8. The van der Waals surface area contributed by atoms with E-state index in [0.29, 0.717) is 0 Å². The van der Waals surface area contributed by atoms with Gasteiger partial charge < -0.3 is 15.5 Å². The number of hydrogen-bond donors (Lipinski definition) is 2. The van der Waals surface area contributed by atoms with Gasteiger partial charge in [0.25, 0.3) is 0 Å². The van der Waals surface area contributed by atoms with Crippen LogP contribution < -0.4 is 10.6 Å². The molecule has 0 bridgehead atoms. The Hall–Kier alpha value is -1.55. The number of rotatable bonds is 7. The van der Waals surface area contributed by atoms with E-state index >= 15 is 0 Å². The van der Waals surface area contributed by atoms with Crippen molar-refractivity contribution >= 4 is 11.6 Å². The minimum Gasteiger partial charge on any atom is -0.373 e. The lowest BCUT2D eigenvalue weighted by Gasteiger charge is -2.26. The fourth-order valence-electron chi connectivity index (χ4n) is 2.84. The van der Waals surface area contributed by atoms with Crippen LogP contribution in [0.5, 0.6) is 0 Å². The summed E-state index contributed by atoms with van der Waals surface area (Å²) in [5.41, 5.74) is 2.41. The Morgan fingerprint density at radius 2 is 2.14 bits per heavy atom. The van der Waals surface area contributed by atoms with Crippen molar-refractivity contribution in [3.63, 3.8) is 0 Å². The number of hydrogen-bond acceptors (Lipinski definition) is 3. The summed E-state index contributed by atoms with van der Waals surface area (Å²) in [4.78, 5) is 14.6. The maximum Gasteiger partial charge on any atom is 0.242 e. The highest BCUT2D eigenvalue weighted by atomic mass is 16.2. The van der Waals surface area contributed by atoms with Crippen LogP contribution in [0.3, 0.4) is 0 Å². The molecule has 0 saturated carbocycles. The topological polar surface area (TPSA) is 44.4 Å². The van der Waals surface area contributed by atoms with Crippen LogP contribution >= 0.6 is 0 Å². The fraction of sp³-hybridized carbons (Fsp3) is 0.588. The van der Waals surface area contributed by atoms with Gasteiger partial charge in [-0.2, -0.15) is 0 Å². The van der Waals surface area contributed by atoms with Crippen molar-refractivity contribution in [2.24, 2.45) is 0 Å². The maximum absolute atomic E-state index is 12.2. The van der Waals surface area contributed by atoms with Crippen molar-refractivity contribution in [1.82, 2.24) is 10.2 Å². The molecule has 1 aliphatic heterocycles. The summed E-state index contributed by atoms with van der Waals surface area (Å²) in [5.74, 6) is 0.122. The lowest BCUT2D eigenvalue weighted by atomic mass is 9.98. The number of benzene rings is 1. The van der Waals surface area contributed by atoms with Crippen LogP contribution in [0.15, 0.2) is 24.3 Å². The van der Waals surface area contributed by atoms with Crippen molar-refractivity contribution in [2.75, 3.05) is 31.5 Å². The maximum atomic E-state index is 12.2. The summed E-state index contributed by atoms with van der Waals surface area (Å²) < 4.78 is 0. The Labute approximate surface area is 127 Å². The third kappa shape index (κ3) is 4.46. The van der Waals surface area contributed by atoms with E-state index in [1.54, 1.807) is 0 Å². The van der Waals surface area contributed by atoms with E-state index in [-0.39, 0.29) is 11.9 Å². The second-order valence-corrected chi connectivity index (χ2v) is 5.62. The van der Waals surface area contributed by atoms with Crippen LogP contribution in [0.2, 0.25) is 0 Å². The molecule has 2 N–H and O–H groups in total. The van der Waals surface area contributed by atoms with Gasteiger partial charge in [-0.25, -0.2) is 0 Å². The van der Waals surface area contributed by atoms with Gasteiger partial charge in [0.05, 0.1) is 0 Å². The molecule has 0 saturated heterocycles. The molecule has 1 amide bonds. The molecule has 0 radical (unpaired) electrons. The molecule has 1 heterocycles. The minimum atomic E-state index is -0.0962. The van der Waals surface area contributed by atoms with Crippen LogP contribution in [-0.4, -0.2) is 43.0 Å². The Morgan fingerprint density at radius 3 is 2.90 bits per heavy atom. The van der Waals surface area contributed by atoms with Crippen molar-refractivity contribution in [2.45, 2.75) is 39.2 Å². The molecule has 2 rings (SSSR count). The van der Waals surface area contributed by atoms with Gasteiger partial charge in [0, 0.05) is 18.8 Å². The van der Waals surface area contributed by atoms with Crippen LogP contribution in [0, 0.1) is 0 Å². The molecule has 4 heteroatoms. The number of nitrogens with one attached hydrogen (secondary N) is 2. The van der Waals surface area contributed by atoms with Gasteiger partial charge in [-0.1, -0.05) is 32.0 Å². The van der Waals surface area contributed by atoms with Crippen LogP contribution in [0.25, 0.3) is 0 Å². The molecular formula is C17H27N3O. The number of nitrogens with zero attached hydrogens (tertiary/aromatic N) is 1. The van der Waals surface area contributed by atoms with Crippen molar-refractivity contribution in [3.05, 3.63) is 29.8 Å². The Balaban J connectivity index is 1.77. The molecule has 21 heavy (non-hydrogen) atoms. The summed E-state index contributed by atoms with van der Waals surface area (Å²) in [6, 6.07) is 8.14. The summed E-state index contributed by atoms with van der Waals surface area (Å²) in [6.45, 7) is 8.15. The van der Waals surface area contributed by atoms with Gasteiger partial charge in [-0.3, -0.25) is 4.79 Å². The van der Waals surface area contributed by atoms with E-state index in [4.69, 9.17) is 0 Å². The molecule has 1 aromatic carbocycles. The Bertz CT molecular complexity index is 461. The van der Waals surface area contributed by atoms with Crippen LogP contribution in [0.1, 0.15) is 32.3 Å². The monoisotopic (exact) mass is 289 g/mol. The lowest BCUT2D eigenvalue weighted by molar-refractivity contribution is -0.122. The standard InChI is InChI=1S/C17H27N3O/c1-3-12-20(4-2)13-11-18-17(21)16-10-9-14-7-5-6-8-15(14)19-16/h5-8,16,19H,3-4,9-13H2,1-2H3,(H,18,21). The summed E-state index contributed by atoms with van der Waals surface area (Å²) in [7, 11) is 0. The molecule has 0 aromatic heterocycles. The quantitative estimate of drug-likeness (QED) is 0.809. The summed E-state index contributed by atoms with van der Waals surface area (Å²) >= 11 is 0. The fourth-order valence-corrected chi connectivity index (χ4v) is 2.84. The first-order valence-corrected chi connectivity index (χ1v) is 8.09. The SMILES string of the molecule is CCCN(CC)CCNC(=O)C1CCc2ccccc2N1. The van der Waals surface area contributed by atoms with Crippen molar-refractivity contribution in [1.29, 1.82) is 0 Å². The number of aryl methyl sites for hydroxylation is 1. The predicted octanol–water partition coefficient (Wildman–Crippen LogP) is 2.26. The zero-order valence-electron chi connectivity index (χ0n) is 13.2. The largest absolute Gasteiger partial charge is 0.373 e. The molecule has 0 aliphatic carbocycles. The molecule has 0 fully saturated rings. The van der Waals surface area contributed by atoms with Gasteiger partial charge in [0.2, 0.25) is 5.91 Å². The van der Waals surface area contributed by atoms with Gasteiger partial charge >= 0.3 is 0 Å². The molecule has 1 aliphatic rings. The van der Waals surface area contributed by atoms with E-state index in [1.807, 2.05) is 12.1 Å². The van der Waals surface area contributed by atoms with Gasteiger partial charge in [0.15, 0.2) is 0 Å². The number of anilines is 1. The van der Waals surface area contributed by atoms with Gasteiger partial charge in [0.1, 0.15) is 6.04 Å². The second kappa shape index (κ2) is 8.03. The number of carbonyl (C=O) groups is 1. The summed E-state index contributed by atoms with van der Waals surface area (Å²) in [6.07, 6.45) is 3.00. The van der Waals surface area contributed by atoms with E-state index in [0.717, 1.165) is 51.1 Å². The zero-order chi connectivity index (χ0) is 15.1. The number of amides is 1. The Morgan fingerprint density at radius 1 is 1.33 bits per heavy atom. The van der Waals surface area contributed by atoms with Crippen LogP contribution in [0.4, 0.5) is 5.69 Å². The highest BCUT2D eigenvalue weighted by Crippen LogP contribution is 2.24.